The van der Waals surface area contributed by atoms with Gasteiger partial charge in [0.25, 0.3) is 0 Å². The summed E-state index contributed by atoms with van der Waals surface area (Å²) in [6.45, 7) is 6.05. The summed E-state index contributed by atoms with van der Waals surface area (Å²) in [6, 6.07) is 1.59. The first kappa shape index (κ1) is 45.2. The number of nitrogens with two attached hydrogens (primary N) is 1. The highest BCUT2D eigenvalue weighted by molar-refractivity contribution is 5.98. The van der Waals surface area contributed by atoms with Crippen molar-refractivity contribution >= 4 is 52.3 Å². The number of carboxylic acids is 1. The smallest absolute Gasteiger partial charge is 0.305 e. The second-order valence-electron chi connectivity index (χ2n) is 13.9. The number of hydrogen-bond acceptors (Lipinski definition) is 8. The van der Waals surface area contributed by atoms with Gasteiger partial charge in [0.15, 0.2) is 0 Å². The Balaban J connectivity index is 2.33. The molecule has 0 aliphatic heterocycles. The minimum atomic E-state index is -1.62. The summed E-state index contributed by atoms with van der Waals surface area (Å²) in [6.07, 6.45) is 8.54. The molecule has 6 amide bonds. The first-order valence-electron chi connectivity index (χ1n) is 19.0. The molecule has 0 saturated heterocycles. The topological polar surface area (TPSA) is 254 Å². The van der Waals surface area contributed by atoms with Crippen LogP contribution in [-0.4, -0.2) is 95.3 Å². The molecule has 10 N–H and O–H groups in total. The molecule has 4 unspecified atom stereocenters. The van der Waals surface area contributed by atoms with E-state index in [0.29, 0.717) is 24.9 Å². The van der Waals surface area contributed by atoms with Gasteiger partial charge in [-0.2, -0.15) is 0 Å². The number of aliphatic carboxylic acids is 1. The molecule has 2 aromatic rings. The number of para-hydroxylation sites is 1. The Hall–Kier alpha value is -4.99. The summed E-state index contributed by atoms with van der Waals surface area (Å²) >= 11 is 0. The number of primary amides is 1. The highest BCUT2D eigenvalue weighted by Crippen LogP contribution is 2.20. The summed E-state index contributed by atoms with van der Waals surface area (Å²) in [5.41, 5.74) is 6.88. The Morgan fingerprint density at radius 1 is 0.722 bits per heavy atom. The number of hydrogen-bond donors (Lipinski definition) is 9. The number of nitrogens with one attached hydrogen (secondary N) is 7. The average Bonchev–Trinajstić information content (AvgIpc) is 3.51. The van der Waals surface area contributed by atoms with E-state index in [9.17, 15) is 38.7 Å². The van der Waals surface area contributed by atoms with Crippen LogP contribution in [0.3, 0.4) is 0 Å². The van der Waals surface area contributed by atoms with E-state index in [1.807, 2.05) is 24.3 Å². The lowest BCUT2D eigenvalue weighted by atomic mass is 10.0. The Labute approximate surface area is 317 Å². The molecule has 1 aromatic heterocycles. The highest BCUT2D eigenvalue weighted by atomic mass is 16.4. The molecule has 16 heteroatoms. The Morgan fingerprint density at radius 2 is 1.30 bits per heavy atom. The lowest BCUT2D eigenvalue weighted by Gasteiger charge is -2.26. The summed E-state index contributed by atoms with van der Waals surface area (Å²) in [7, 11) is 1.77. The predicted octanol–water partition coefficient (Wildman–Crippen LogP) is 1.66. The van der Waals surface area contributed by atoms with Gasteiger partial charge in [-0.05, 0) is 58.3 Å². The highest BCUT2D eigenvalue weighted by Gasteiger charge is 2.33. The third kappa shape index (κ3) is 16.8. The molecule has 16 nitrogen and oxygen atoms in total. The van der Waals surface area contributed by atoms with E-state index in [-0.39, 0.29) is 31.2 Å². The normalized spacial score (nSPS) is 13.4. The van der Waals surface area contributed by atoms with E-state index in [2.05, 4.69) is 43.8 Å². The van der Waals surface area contributed by atoms with E-state index in [1.54, 1.807) is 27.1 Å². The van der Waals surface area contributed by atoms with Crippen molar-refractivity contribution in [3.05, 3.63) is 36.0 Å². The number of fused-ring (bicyclic) bond motifs is 1. The van der Waals surface area contributed by atoms with Crippen molar-refractivity contribution in [1.29, 1.82) is 0 Å². The van der Waals surface area contributed by atoms with Gasteiger partial charge in [0.1, 0.15) is 24.2 Å². The van der Waals surface area contributed by atoms with E-state index >= 15 is 0 Å². The van der Waals surface area contributed by atoms with Crippen LogP contribution in [0.15, 0.2) is 30.5 Å². The van der Waals surface area contributed by atoms with Crippen LogP contribution in [0.4, 0.5) is 0 Å². The van der Waals surface area contributed by atoms with Crippen molar-refractivity contribution in [2.75, 3.05) is 13.6 Å². The Bertz CT molecular complexity index is 1540. The van der Waals surface area contributed by atoms with E-state index in [0.717, 1.165) is 36.6 Å². The molecule has 0 spiro atoms. The van der Waals surface area contributed by atoms with Crippen molar-refractivity contribution in [3.63, 3.8) is 0 Å². The number of aromatic amines is 1. The quantitative estimate of drug-likeness (QED) is 0.0601. The molecule has 300 valence electrons. The van der Waals surface area contributed by atoms with Crippen molar-refractivity contribution < 1.29 is 38.7 Å². The average molecular weight is 757 g/mol. The molecule has 4 atom stereocenters. The van der Waals surface area contributed by atoms with Gasteiger partial charge in [-0.1, -0.05) is 63.6 Å². The van der Waals surface area contributed by atoms with E-state index in [1.165, 1.54) is 12.8 Å². The van der Waals surface area contributed by atoms with Crippen molar-refractivity contribution in [2.24, 2.45) is 5.73 Å². The second-order valence-corrected chi connectivity index (χ2v) is 13.9. The number of rotatable bonds is 27. The summed E-state index contributed by atoms with van der Waals surface area (Å²) < 4.78 is 0. The molecule has 1 aromatic carbocycles. The zero-order valence-electron chi connectivity index (χ0n) is 32.1. The summed E-state index contributed by atoms with van der Waals surface area (Å²) in [5.74, 6) is -5.85. The number of carboxylic acid groups (broad SMARTS) is 1. The standard InChI is InChI=1S/C38H60N8O8/c1-5-6-7-8-9-10-11-18-33(48)43-28(17-14-19-40-4)35(51)44-29(20-25-23-41-27-16-13-12-15-26(25)27)37(53)45-30(21-32(39)47)38(54)46-31(22-34(49)50)36(52)42-24(2)3/h12-13,15-16,23-24,28-31,40-41H,5-11,14,17-22H2,1-4H3,(H2,39,47)(H,42,52)(H,43,48)(H,44,51)(H,45,53)(H,46,54)(H,49,50). The molecule has 0 radical (unpaired) electrons. The molecule has 0 fully saturated rings. The fourth-order valence-corrected chi connectivity index (χ4v) is 5.99. The SMILES string of the molecule is CCCCCCCCCC(=O)NC(CCCNC)C(=O)NC(Cc1c[nH]c2ccccc12)C(=O)NC(CC(N)=O)C(=O)NC(CC(=O)O)C(=O)NC(C)C. The van der Waals surface area contributed by atoms with Crippen LogP contribution in [0.1, 0.15) is 103 Å². The molecule has 0 aliphatic carbocycles. The largest absolute Gasteiger partial charge is 0.481 e. The molecule has 1 heterocycles. The molecule has 0 bridgehead atoms. The van der Waals surface area contributed by atoms with Crippen LogP contribution < -0.4 is 37.6 Å². The summed E-state index contributed by atoms with van der Waals surface area (Å²) in [4.78, 5) is 93.7. The van der Waals surface area contributed by atoms with Gasteiger partial charge in [0, 0.05) is 36.0 Å². The summed E-state index contributed by atoms with van der Waals surface area (Å²) in [5, 5.41) is 26.1. The number of unbranched alkanes of at least 4 members (excludes halogenated alkanes) is 6. The Morgan fingerprint density at radius 3 is 1.93 bits per heavy atom. The maximum Gasteiger partial charge on any atom is 0.305 e. The van der Waals surface area contributed by atoms with Gasteiger partial charge in [-0.25, -0.2) is 0 Å². The van der Waals surface area contributed by atoms with Gasteiger partial charge in [0.05, 0.1) is 12.8 Å². The van der Waals surface area contributed by atoms with Gasteiger partial charge in [0.2, 0.25) is 35.4 Å². The third-order valence-corrected chi connectivity index (χ3v) is 8.79. The molecule has 0 aliphatic rings. The Kier molecular flexibility index (Phi) is 20.4. The minimum absolute atomic E-state index is 0.0415. The van der Waals surface area contributed by atoms with E-state index < -0.39 is 72.5 Å². The van der Waals surface area contributed by atoms with Crippen LogP contribution in [0.2, 0.25) is 0 Å². The molecular weight excluding hydrogens is 696 g/mol. The molecular formula is C38H60N8O8. The van der Waals surface area contributed by atoms with Crippen LogP contribution in [-0.2, 0) is 40.0 Å². The minimum Gasteiger partial charge on any atom is -0.481 e. The monoisotopic (exact) mass is 756 g/mol. The maximum atomic E-state index is 14.0. The lowest BCUT2D eigenvalue weighted by molar-refractivity contribution is -0.141. The van der Waals surface area contributed by atoms with Crippen molar-refractivity contribution in [2.45, 2.75) is 134 Å². The third-order valence-electron chi connectivity index (χ3n) is 8.79. The van der Waals surface area contributed by atoms with Gasteiger partial charge < -0.3 is 47.7 Å². The second kappa shape index (κ2) is 24.3. The van der Waals surface area contributed by atoms with Gasteiger partial charge >= 0.3 is 5.97 Å². The fraction of sp³-hybridized carbons (Fsp3) is 0.605. The maximum absolute atomic E-state index is 14.0. The zero-order chi connectivity index (χ0) is 40.0. The zero-order valence-corrected chi connectivity index (χ0v) is 32.1. The van der Waals surface area contributed by atoms with Crippen LogP contribution in [0, 0.1) is 0 Å². The number of aromatic nitrogens is 1. The molecule has 54 heavy (non-hydrogen) atoms. The first-order chi connectivity index (χ1) is 25.7. The lowest BCUT2D eigenvalue weighted by Crippen LogP contribution is -2.59. The van der Waals surface area contributed by atoms with Crippen molar-refractivity contribution in [1.82, 2.24) is 36.9 Å². The van der Waals surface area contributed by atoms with Gasteiger partial charge in [-0.15, -0.1) is 0 Å². The predicted molar refractivity (Wildman–Crippen MR) is 205 cm³/mol. The van der Waals surface area contributed by atoms with Crippen molar-refractivity contribution in [3.8, 4) is 0 Å². The number of carbonyl (C=O) groups is 7. The van der Waals surface area contributed by atoms with Crippen LogP contribution in [0.5, 0.6) is 0 Å². The number of H-pyrrole nitrogens is 1. The van der Waals surface area contributed by atoms with Gasteiger partial charge in [-0.3, -0.25) is 33.6 Å². The first-order valence-corrected chi connectivity index (χ1v) is 19.0. The van der Waals surface area contributed by atoms with Crippen LogP contribution >= 0.6 is 0 Å². The van der Waals surface area contributed by atoms with E-state index in [4.69, 9.17) is 5.73 Å². The number of carbonyl (C=O) groups excluding carboxylic acids is 6. The molecule has 2 rings (SSSR count). The number of benzene rings is 1. The molecule has 0 saturated carbocycles. The number of amides is 6. The van der Waals surface area contributed by atoms with Crippen LogP contribution in [0.25, 0.3) is 10.9 Å². The fourth-order valence-electron chi connectivity index (χ4n) is 5.99.